The van der Waals surface area contributed by atoms with Gasteiger partial charge in [-0.05, 0) is 37.3 Å². The molecule has 0 aliphatic rings. The van der Waals surface area contributed by atoms with Gasteiger partial charge in [-0.1, -0.05) is 12.1 Å². The van der Waals surface area contributed by atoms with E-state index in [2.05, 4.69) is 5.32 Å². The van der Waals surface area contributed by atoms with Crippen molar-refractivity contribution in [3.63, 3.8) is 0 Å². The van der Waals surface area contributed by atoms with Crippen molar-refractivity contribution in [2.75, 3.05) is 12.4 Å². The normalized spacial score (nSPS) is 10.0. The maximum Gasteiger partial charge on any atom is 0.259 e. The van der Waals surface area contributed by atoms with Crippen molar-refractivity contribution in [2.45, 2.75) is 6.92 Å². The highest BCUT2D eigenvalue weighted by Gasteiger charge is 2.16. The number of methoxy groups -OCH3 is 1. The number of para-hydroxylation sites is 1. The van der Waals surface area contributed by atoms with Crippen LogP contribution >= 0.6 is 0 Å². The second-order valence-corrected chi connectivity index (χ2v) is 4.40. The van der Waals surface area contributed by atoms with E-state index in [4.69, 9.17) is 4.74 Å². The minimum absolute atomic E-state index is 0.0656. The first-order valence-corrected chi connectivity index (χ1v) is 6.27. The van der Waals surface area contributed by atoms with E-state index in [0.29, 0.717) is 11.3 Å². The van der Waals surface area contributed by atoms with Gasteiger partial charge >= 0.3 is 0 Å². The molecule has 21 heavy (non-hydrogen) atoms. The largest absolute Gasteiger partial charge is 0.496 e. The van der Waals surface area contributed by atoms with Gasteiger partial charge in [-0.2, -0.15) is 0 Å². The van der Waals surface area contributed by atoms with Gasteiger partial charge in [0.15, 0.2) is 5.78 Å². The predicted octanol–water partition coefficient (Wildman–Crippen LogP) is 3.29. The Labute approximate surface area is 121 Å². The number of hydrogen-bond donors (Lipinski definition) is 1. The number of anilines is 1. The Hall–Kier alpha value is -2.69. The highest BCUT2D eigenvalue weighted by Crippen LogP contribution is 2.22. The summed E-state index contributed by atoms with van der Waals surface area (Å²) in [4.78, 5) is 23.8. The molecule has 0 bridgehead atoms. The molecule has 0 atom stereocenters. The van der Waals surface area contributed by atoms with Crippen LogP contribution in [0, 0.1) is 5.82 Å². The molecule has 0 aliphatic heterocycles. The Balaban J connectivity index is 2.35. The molecule has 0 aromatic heterocycles. The molecule has 0 fully saturated rings. The number of carbonyl (C=O) groups excluding carboxylic acids is 2. The number of amides is 1. The summed E-state index contributed by atoms with van der Waals surface area (Å²) >= 11 is 0. The third-order valence-electron chi connectivity index (χ3n) is 2.96. The van der Waals surface area contributed by atoms with Gasteiger partial charge in [-0.15, -0.1) is 0 Å². The molecule has 1 amide bonds. The van der Waals surface area contributed by atoms with Gasteiger partial charge in [-0.3, -0.25) is 9.59 Å². The lowest BCUT2D eigenvalue weighted by Gasteiger charge is -2.11. The standard InChI is InChI=1S/C16H14FNO3/c1-10(19)12-5-3-4-6-14(12)18-16(20)13-9-11(17)7-8-15(13)21-2/h3-9H,1-2H3,(H,18,20). The van der Waals surface area contributed by atoms with Gasteiger partial charge in [0, 0.05) is 5.56 Å². The average Bonchev–Trinajstić information content (AvgIpc) is 2.47. The third kappa shape index (κ3) is 3.25. The quantitative estimate of drug-likeness (QED) is 0.878. The van der Waals surface area contributed by atoms with Crippen LogP contribution in [0.2, 0.25) is 0 Å². The van der Waals surface area contributed by atoms with Gasteiger partial charge < -0.3 is 10.1 Å². The lowest BCUT2D eigenvalue weighted by Crippen LogP contribution is -2.15. The van der Waals surface area contributed by atoms with E-state index in [-0.39, 0.29) is 17.1 Å². The summed E-state index contributed by atoms with van der Waals surface area (Å²) < 4.78 is 18.3. The summed E-state index contributed by atoms with van der Waals surface area (Å²) in [6, 6.07) is 10.3. The number of benzene rings is 2. The van der Waals surface area contributed by atoms with E-state index >= 15 is 0 Å². The fourth-order valence-electron chi connectivity index (χ4n) is 1.95. The number of Topliss-reactive ketones (excluding diaryl/α,β-unsaturated/α-hetero) is 1. The molecule has 2 aromatic rings. The van der Waals surface area contributed by atoms with E-state index < -0.39 is 11.7 Å². The number of carbonyl (C=O) groups is 2. The Kier molecular flexibility index (Phi) is 4.33. The SMILES string of the molecule is COc1ccc(F)cc1C(=O)Nc1ccccc1C(C)=O. The first kappa shape index (κ1) is 14.7. The zero-order valence-electron chi connectivity index (χ0n) is 11.6. The molecule has 4 nitrogen and oxygen atoms in total. The topological polar surface area (TPSA) is 55.4 Å². The van der Waals surface area contributed by atoms with Crippen molar-refractivity contribution in [3.05, 3.63) is 59.4 Å². The molecular weight excluding hydrogens is 273 g/mol. The molecule has 2 rings (SSSR count). The van der Waals surface area contributed by atoms with Crippen molar-refractivity contribution in [1.29, 1.82) is 0 Å². The predicted molar refractivity (Wildman–Crippen MR) is 77.4 cm³/mol. The van der Waals surface area contributed by atoms with Gasteiger partial charge in [0.05, 0.1) is 18.4 Å². The zero-order chi connectivity index (χ0) is 15.4. The number of halogens is 1. The van der Waals surface area contributed by atoms with Gasteiger partial charge in [0.2, 0.25) is 0 Å². The smallest absolute Gasteiger partial charge is 0.259 e. The van der Waals surface area contributed by atoms with Crippen molar-refractivity contribution < 1.29 is 18.7 Å². The van der Waals surface area contributed by atoms with Crippen LogP contribution in [0.15, 0.2) is 42.5 Å². The maximum absolute atomic E-state index is 13.3. The summed E-state index contributed by atoms with van der Waals surface area (Å²) in [5.74, 6) is -0.993. The fourth-order valence-corrected chi connectivity index (χ4v) is 1.95. The maximum atomic E-state index is 13.3. The molecular formula is C16H14FNO3. The summed E-state index contributed by atoms with van der Waals surface area (Å²) in [5, 5.41) is 2.60. The summed E-state index contributed by atoms with van der Waals surface area (Å²) in [7, 11) is 1.40. The number of hydrogen-bond acceptors (Lipinski definition) is 3. The molecule has 0 heterocycles. The van der Waals surface area contributed by atoms with Crippen LogP contribution in [0.1, 0.15) is 27.6 Å². The molecule has 2 aromatic carbocycles. The van der Waals surface area contributed by atoms with Gasteiger partial charge in [-0.25, -0.2) is 4.39 Å². The molecule has 0 aliphatic carbocycles. The Morgan fingerprint density at radius 1 is 1.10 bits per heavy atom. The minimum atomic E-state index is -0.542. The Morgan fingerprint density at radius 3 is 2.48 bits per heavy atom. The van der Waals surface area contributed by atoms with Crippen LogP contribution < -0.4 is 10.1 Å². The van der Waals surface area contributed by atoms with Crippen molar-refractivity contribution in [1.82, 2.24) is 0 Å². The van der Waals surface area contributed by atoms with Gasteiger partial charge in [0.25, 0.3) is 5.91 Å². The third-order valence-corrected chi connectivity index (χ3v) is 2.96. The van der Waals surface area contributed by atoms with E-state index in [0.717, 1.165) is 6.07 Å². The molecule has 108 valence electrons. The summed E-state index contributed by atoms with van der Waals surface area (Å²) in [6.07, 6.45) is 0. The average molecular weight is 287 g/mol. The van der Waals surface area contributed by atoms with E-state index in [9.17, 15) is 14.0 Å². The molecule has 0 saturated heterocycles. The number of ketones is 1. The van der Waals surface area contributed by atoms with Crippen LogP contribution in [-0.2, 0) is 0 Å². The Bertz CT molecular complexity index is 698. The first-order valence-electron chi connectivity index (χ1n) is 6.27. The summed E-state index contributed by atoms with van der Waals surface area (Å²) in [6.45, 7) is 1.41. The van der Waals surface area contributed by atoms with Crippen LogP contribution in [0.25, 0.3) is 0 Å². The van der Waals surface area contributed by atoms with Crippen molar-refractivity contribution in [2.24, 2.45) is 0 Å². The monoisotopic (exact) mass is 287 g/mol. The molecule has 5 heteroatoms. The second-order valence-electron chi connectivity index (χ2n) is 4.40. The second kappa shape index (κ2) is 6.17. The highest BCUT2D eigenvalue weighted by atomic mass is 19.1. The molecule has 1 N–H and O–H groups in total. The van der Waals surface area contributed by atoms with Crippen LogP contribution in [0.4, 0.5) is 10.1 Å². The van der Waals surface area contributed by atoms with Crippen LogP contribution in [0.3, 0.4) is 0 Å². The van der Waals surface area contributed by atoms with E-state index in [1.54, 1.807) is 24.3 Å². The highest BCUT2D eigenvalue weighted by molar-refractivity contribution is 6.10. The van der Waals surface area contributed by atoms with Gasteiger partial charge in [0.1, 0.15) is 11.6 Å². The molecule has 0 radical (unpaired) electrons. The minimum Gasteiger partial charge on any atom is -0.496 e. The molecule has 0 unspecified atom stereocenters. The van der Waals surface area contributed by atoms with E-state index in [1.165, 1.54) is 26.2 Å². The lowest BCUT2D eigenvalue weighted by molar-refractivity contribution is 0.101. The molecule has 0 saturated carbocycles. The summed E-state index contributed by atoms with van der Waals surface area (Å²) in [5.41, 5.74) is 0.832. The number of ether oxygens (including phenoxy) is 1. The fraction of sp³-hybridized carbons (Fsp3) is 0.125. The van der Waals surface area contributed by atoms with Crippen molar-refractivity contribution in [3.8, 4) is 5.75 Å². The van der Waals surface area contributed by atoms with E-state index in [1.807, 2.05) is 0 Å². The van der Waals surface area contributed by atoms with Crippen molar-refractivity contribution >= 4 is 17.4 Å². The zero-order valence-corrected chi connectivity index (χ0v) is 11.6. The number of nitrogens with one attached hydrogen (secondary N) is 1. The Morgan fingerprint density at radius 2 is 1.81 bits per heavy atom. The number of rotatable bonds is 4. The van der Waals surface area contributed by atoms with Crippen LogP contribution in [0.5, 0.6) is 5.75 Å². The van der Waals surface area contributed by atoms with Crippen LogP contribution in [-0.4, -0.2) is 18.8 Å². The first-order chi connectivity index (χ1) is 10.0. The molecule has 0 spiro atoms. The lowest BCUT2D eigenvalue weighted by atomic mass is 10.1.